The minimum absolute atomic E-state index is 0.00799. The van der Waals surface area contributed by atoms with Gasteiger partial charge in [0, 0.05) is 61.7 Å². The van der Waals surface area contributed by atoms with Gasteiger partial charge in [0.25, 0.3) is 0 Å². The molecule has 2 aromatic rings. The number of carbonyl (C=O) groups is 1. The number of fused-ring (bicyclic) bond motifs is 1. The lowest BCUT2D eigenvalue weighted by molar-refractivity contribution is -0.133. The second kappa shape index (κ2) is 9.48. The quantitative estimate of drug-likeness (QED) is 0.199. The van der Waals surface area contributed by atoms with E-state index in [-0.39, 0.29) is 12.5 Å². The Labute approximate surface area is 185 Å². The van der Waals surface area contributed by atoms with Crippen molar-refractivity contribution in [3.05, 3.63) is 66.4 Å². The number of aromatic amines is 1. The number of nitrogens with one attached hydrogen (secondary N) is 1. The summed E-state index contributed by atoms with van der Waals surface area (Å²) in [5.41, 5.74) is 8.38. The highest BCUT2D eigenvalue weighted by Gasteiger charge is 2.22. The van der Waals surface area contributed by atoms with Gasteiger partial charge in [0.2, 0.25) is 5.91 Å². The number of rotatable bonds is 7. The summed E-state index contributed by atoms with van der Waals surface area (Å²) in [6, 6.07) is 3.01. The van der Waals surface area contributed by atoms with Crippen LogP contribution in [-0.4, -0.2) is 71.0 Å². The molecule has 0 radical (unpaired) electrons. The first-order valence-corrected chi connectivity index (χ1v) is 9.89. The molecule has 5 N–H and O–H groups in total. The fraction of sp³-hybridized carbons (Fsp3) is 0.227. The molecule has 9 nitrogen and oxygen atoms in total. The summed E-state index contributed by atoms with van der Waals surface area (Å²) in [5.74, 6) is 5.25. The Morgan fingerprint density at radius 1 is 1.41 bits per heavy atom. The smallest absolute Gasteiger partial charge is 0.241 e. The molecule has 0 bridgehead atoms. The summed E-state index contributed by atoms with van der Waals surface area (Å²) >= 11 is 0. The number of aromatic nitrogens is 2. The summed E-state index contributed by atoms with van der Waals surface area (Å²) < 4.78 is 14.8. The van der Waals surface area contributed by atoms with Crippen LogP contribution in [0.25, 0.3) is 22.2 Å². The van der Waals surface area contributed by atoms with Crippen molar-refractivity contribution in [1.82, 2.24) is 25.0 Å². The standard InChI is InChI=1S/C22H27FN8O/c1-5-15(11-30(4)25)16-9-17-19(10-18(16)23)27-28-22(17)20(26-13-24)8-14(2)31-7-6-29(3)21(32)12-31/h5,8-11,13H,1-2,6-7,12,25H2,3-4H3,(H2,24,26)(H,27,28)/b15-11+,20-8-. The van der Waals surface area contributed by atoms with Crippen LogP contribution in [0.4, 0.5) is 4.39 Å². The lowest BCUT2D eigenvalue weighted by atomic mass is 10.0. The van der Waals surface area contributed by atoms with Crippen molar-refractivity contribution < 1.29 is 9.18 Å². The van der Waals surface area contributed by atoms with Crippen molar-refractivity contribution in [2.24, 2.45) is 16.6 Å². The molecule has 0 saturated carbocycles. The molecule has 3 rings (SSSR count). The SMILES string of the molecule is C=C/C(=C\N(C)N)c1cc2c(C(=C/C(=C)N3CCN(C)C(=O)C3)/N=C\N)n[nH]c2cc1F. The molecule has 1 fully saturated rings. The Kier molecular flexibility index (Phi) is 6.74. The summed E-state index contributed by atoms with van der Waals surface area (Å²) in [4.78, 5) is 19.8. The first-order valence-electron chi connectivity index (χ1n) is 9.89. The topological polar surface area (TPSA) is 120 Å². The van der Waals surface area contributed by atoms with Crippen LogP contribution in [-0.2, 0) is 4.79 Å². The van der Waals surface area contributed by atoms with E-state index in [1.165, 1.54) is 17.2 Å². The summed E-state index contributed by atoms with van der Waals surface area (Å²) in [5, 5.41) is 9.11. The zero-order chi connectivity index (χ0) is 23.4. The van der Waals surface area contributed by atoms with E-state index in [0.29, 0.717) is 52.2 Å². The number of benzene rings is 1. The van der Waals surface area contributed by atoms with Gasteiger partial charge in [-0.05, 0) is 12.1 Å². The van der Waals surface area contributed by atoms with E-state index in [4.69, 9.17) is 11.6 Å². The van der Waals surface area contributed by atoms with Gasteiger partial charge in [0.1, 0.15) is 11.5 Å². The third kappa shape index (κ3) is 4.70. The second-order valence-electron chi connectivity index (χ2n) is 7.44. The molecule has 1 aromatic heterocycles. The van der Waals surface area contributed by atoms with Gasteiger partial charge in [-0.3, -0.25) is 9.89 Å². The molecule has 2 heterocycles. The van der Waals surface area contributed by atoms with Crippen molar-refractivity contribution in [3.63, 3.8) is 0 Å². The van der Waals surface area contributed by atoms with Gasteiger partial charge in [-0.15, -0.1) is 0 Å². The summed E-state index contributed by atoms with van der Waals surface area (Å²) in [6.07, 6.45) is 5.95. The molecule has 0 unspecified atom stereocenters. The number of nitrogens with zero attached hydrogens (tertiary/aromatic N) is 5. The van der Waals surface area contributed by atoms with E-state index in [1.807, 2.05) is 4.90 Å². The number of nitrogens with two attached hydrogens (primary N) is 2. The molecule has 32 heavy (non-hydrogen) atoms. The second-order valence-corrected chi connectivity index (χ2v) is 7.44. The van der Waals surface area contributed by atoms with Gasteiger partial charge in [0.05, 0.1) is 24.1 Å². The average Bonchev–Trinajstić information content (AvgIpc) is 3.15. The highest BCUT2D eigenvalue weighted by atomic mass is 19.1. The molecule has 10 heteroatoms. The largest absolute Gasteiger partial charge is 0.390 e. The fourth-order valence-electron chi connectivity index (χ4n) is 3.41. The molecule has 0 aliphatic carbocycles. The molecule has 1 saturated heterocycles. The maximum absolute atomic E-state index is 14.8. The lowest BCUT2D eigenvalue weighted by Gasteiger charge is -2.33. The number of amides is 1. The van der Waals surface area contributed by atoms with E-state index in [2.05, 4.69) is 28.3 Å². The van der Waals surface area contributed by atoms with Crippen molar-refractivity contribution in [1.29, 1.82) is 0 Å². The van der Waals surface area contributed by atoms with Crippen LogP contribution in [0.1, 0.15) is 11.3 Å². The summed E-state index contributed by atoms with van der Waals surface area (Å²) in [7, 11) is 3.40. The molecule has 1 aliphatic heterocycles. The molecule has 1 amide bonds. The van der Waals surface area contributed by atoms with E-state index in [1.54, 1.807) is 37.3 Å². The number of hydrogen-bond acceptors (Lipinski definition) is 6. The summed E-state index contributed by atoms with van der Waals surface area (Å²) in [6.45, 7) is 9.30. The Bertz CT molecular complexity index is 1140. The van der Waals surface area contributed by atoms with Gasteiger partial charge < -0.3 is 20.5 Å². The number of halogens is 1. The third-order valence-corrected chi connectivity index (χ3v) is 5.15. The molecule has 1 aromatic carbocycles. The van der Waals surface area contributed by atoms with E-state index >= 15 is 0 Å². The monoisotopic (exact) mass is 438 g/mol. The number of likely N-dealkylation sites (N-methyl/N-ethyl adjacent to an activating group) is 1. The zero-order valence-corrected chi connectivity index (χ0v) is 18.2. The highest BCUT2D eigenvalue weighted by molar-refractivity contribution is 5.94. The van der Waals surface area contributed by atoms with Crippen molar-refractivity contribution in [2.75, 3.05) is 33.7 Å². The zero-order valence-electron chi connectivity index (χ0n) is 18.2. The maximum Gasteiger partial charge on any atom is 0.241 e. The average molecular weight is 439 g/mol. The van der Waals surface area contributed by atoms with Crippen LogP contribution in [0.15, 0.2) is 54.3 Å². The van der Waals surface area contributed by atoms with Gasteiger partial charge >= 0.3 is 0 Å². The number of hydrazine groups is 1. The van der Waals surface area contributed by atoms with Crippen LogP contribution in [0.5, 0.6) is 0 Å². The fourth-order valence-corrected chi connectivity index (χ4v) is 3.41. The first-order chi connectivity index (χ1) is 15.2. The van der Waals surface area contributed by atoms with E-state index < -0.39 is 5.82 Å². The van der Waals surface area contributed by atoms with Crippen LogP contribution in [0, 0.1) is 5.82 Å². The normalized spacial score (nSPS) is 15.7. The lowest BCUT2D eigenvalue weighted by Crippen LogP contribution is -2.47. The molecular formula is C22H27FN8O. The number of piperazine rings is 1. The third-order valence-electron chi connectivity index (χ3n) is 5.15. The van der Waals surface area contributed by atoms with Gasteiger partial charge in [-0.1, -0.05) is 19.2 Å². The number of aliphatic imine (C=N–C) groups is 1. The minimum Gasteiger partial charge on any atom is -0.390 e. The predicted octanol–water partition coefficient (Wildman–Crippen LogP) is 1.65. The predicted molar refractivity (Wildman–Crippen MR) is 125 cm³/mol. The van der Waals surface area contributed by atoms with E-state index in [9.17, 15) is 9.18 Å². The van der Waals surface area contributed by atoms with Crippen LogP contribution >= 0.6 is 0 Å². The highest BCUT2D eigenvalue weighted by Crippen LogP contribution is 2.30. The van der Waals surface area contributed by atoms with Gasteiger partial charge in [0.15, 0.2) is 0 Å². The van der Waals surface area contributed by atoms with Crippen molar-refractivity contribution in [2.45, 2.75) is 0 Å². The first kappa shape index (κ1) is 22.8. The van der Waals surface area contributed by atoms with Gasteiger partial charge in [-0.2, -0.15) is 5.10 Å². The maximum atomic E-state index is 14.8. The van der Waals surface area contributed by atoms with Crippen molar-refractivity contribution in [3.8, 4) is 0 Å². The minimum atomic E-state index is -0.450. The molecular weight excluding hydrogens is 411 g/mol. The van der Waals surface area contributed by atoms with Crippen LogP contribution < -0.4 is 11.6 Å². The van der Waals surface area contributed by atoms with Gasteiger partial charge in [-0.25, -0.2) is 15.2 Å². The number of H-pyrrole nitrogens is 1. The van der Waals surface area contributed by atoms with E-state index in [0.717, 1.165) is 6.34 Å². The Morgan fingerprint density at radius 3 is 2.78 bits per heavy atom. The Morgan fingerprint density at radius 2 is 2.16 bits per heavy atom. The Balaban J connectivity index is 2.06. The number of carbonyl (C=O) groups excluding carboxylic acids is 1. The van der Waals surface area contributed by atoms with Crippen molar-refractivity contribution >= 4 is 34.4 Å². The van der Waals surface area contributed by atoms with Crippen LogP contribution in [0.3, 0.4) is 0 Å². The number of allylic oxidation sites excluding steroid dienone is 3. The molecule has 168 valence electrons. The number of hydrogen-bond donors (Lipinski definition) is 3. The molecule has 1 aliphatic rings. The molecule has 0 atom stereocenters. The van der Waals surface area contributed by atoms with Crippen LogP contribution in [0.2, 0.25) is 0 Å². The molecule has 0 spiro atoms. The Hall–Kier alpha value is -3.92.